The van der Waals surface area contributed by atoms with Crippen LogP contribution in [-0.2, 0) is 6.54 Å². The SMILES string of the molecule is CNC(O)c1cc(Br)cn(Cc2cccc3cccnc23)c1=O. The van der Waals surface area contributed by atoms with Crippen molar-refractivity contribution in [3.8, 4) is 0 Å². The number of nitrogens with zero attached hydrogens (tertiary/aromatic N) is 2. The molecule has 0 bridgehead atoms. The van der Waals surface area contributed by atoms with Crippen molar-refractivity contribution in [3.05, 3.63) is 74.7 Å². The maximum Gasteiger partial charge on any atom is 0.258 e. The van der Waals surface area contributed by atoms with Crippen LogP contribution in [0.4, 0.5) is 0 Å². The van der Waals surface area contributed by atoms with Gasteiger partial charge in [0.15, 0.2) is 0 Å². The molecule has 0 saturated carbocycles. The fraction of sp³-hybridized carbons (Fsp3) is 0.176. The van der Waals surface area contributed by atoms with Gasteiger partial charge >= 0.3 is 0 Å². The molecule has 0 aliphatic carbocycles. The number of fused-ring (bicyclic) bond motifs is 1. The fourth-order valence-corrected chi connectivity index (χ4v) is 3.06. The lowest BCUT2D eigenvalue weighted by molar-refractivity contribution is 0.147. The van der Waals surface area contributed by atoms with Gasteiger partial charge in [0.1, 0.15) is 6.23 Å². The van der Waals surface area contributed by atoms with Crippen LogP contribution in [-0.4, -0.2) is 21.7 Å². The van der Waals surface area contributed by atoms with Crippen molar-refractivity contribution in [3.63, 3.8) is 0 Å². The Hall–Kier alpha value is -2.02. The van der Waals surface area contributed by atoms with Crippen LogP contribution >= 0.6 is 15.9 Å². The quantitative estimate of drug-likeness (QED) is 0.689. The summed E-state index contributed by atoms with van der Waals surface area (Å²) in [6.45, 7) is 0.385. The molecule has 0 spiro atoms. The highest BCUT2D eigenvalue weighted by molar-refractivity contribution is 9.10. The van der Waals surface area contributed by atoms with E-state index in [1.54, 1.807) is 30.1 Å². The van der Waals surface area contributed by atoms with Gasteiger partial charge in [0.2, 0.25) is 0 Å². The number of aromatic nitrogens is 2. The summed E-state index contributed by atoms with van der Waals surface area (Å²) in [5.41, 5.74) is 1.89. The Morgan fingerprint density at radius 1 is 1.35 bits per heavy atom. The Morgan fingerprint density at radius 2 is 2.13 bits per heavy atom. The van der Waals surface area contributed by atoms with Crippen molar-refractivity contribution in [2.24, 2.45) is 0 Å². The first-order chi connectivity index (χ1) is 11.1. The van der Waals surface area contributed by atoms with E-state index in [1.165, 1.54) is 0 Å². The maximum atomic E-state index is 12.6. The monoisotopic (exact) mass is 373 g/mol. The molecule has 3 aromatic rings. The van der Waals surface area contributed by atoms with Gasteiger partial charge in [-0.15, -0.1) is 0 Å². The van der Waals surface area contributed by atoms with Gasteiger partial charge < -0.3 is 9.67 Å². The van der Waals surface area contributed by atoms with Crippen LogP contribution in [0, 0.1) is 0 Å². The van der Waals surface area contributed by atoms with Gasteiger partial charge in [-0.05, 0) is 40.7 Å². The molecule has 0 aliphatic rings. The molecular formula is C17H16BrN3O2. The van der Waals surface area contributed by atoms with Gasteiger partial charge in [-0.3, -0.25) is 15.1 Å². The Labute approximate surface area is 141 Å². The van der Waals surface area contributed by atoms with Crippen molar-refractivity contribution >= 4 is 26.8 Å². The summed E-state index contributed by atoms with van der Waals surface area (Å²) in [5, 5.41) is 13.6. The fourth-order valence-electron chi connectivity index (χ4n) is 2.57. The number of nitrogens with one attached hydrogen (secondary N) is 1. The summed E-state index contributed by atoms with van der Waals surface area (Å²) in [4.78, 5) is 17.0. The number of benzene rings is 1. The van der Waals surface area contributed by atoms with Crippen molar-refractivity contribution in [1.82, 2.24) is 14.9 Å². The molecular weight excluding hydrogens is 358 g/mol. The molecule has 3 rings (SSSR count). The largest absolute Gasteiger partial charge is 0.374 e. The lowest BCUT2D eigenvalue weighted by Gasteiger charge is -2.14. The van der Waals surface area contributed by atoms with Crippen molar-refractivity contribution in [2.45, 2.75) is 12.8 Å². The Kier molecular flexibility index (Phi) is 4.56. The van der Waals surface area contributed by atoms with Gasteiger partial charge in [-0.2, -0.15) is 0 Å². The summed E-state index contributed by atoms with van der Waals surface area (Å²) in [7, 11) is 1.60. The van der Waals surface area contributed by atoms with E-state index in [9.17, 15) is 9.90 Å². The summed E-state index contributed by atoms with van der Waals surface area (Å²) in [5.74, 6) is 0. The molecule has 1 aromatic carbocycles. The van der Waals surface area contributed by atoms with Crippen LogP contribution in [0.15, 0.2) is 58.1 Å². The van der Waals surface area contributed by atoms with Gasteiger partial charge in [0.05, 0.1) is 17.6 Å². The average Bonchev–Trinajstić information content (AvgIpc) is 2.57. The van der Waals surface area contributed by atoms with E-state index >= 15 is 0 Å². The number of hydrogen-bond acceptors (Lipinski definition) is 4. The summed E-state index contributed by atoms with van der Waals surface area (Å²) in [6.07, 6.45) is 2.46. The second-order valence-corrected chi connectivity index (χ2v) is 6.15. The normalized spacial score (nSPS) is 12.5. The highest BCUT2D eigenvalue weighted by Crippen LogP contribution is 2.18. The third-order valence-corrected chi connectivity index (χ3v) is 4.14. The first-order valence-corrected chi connectivity index (χ1v) is 7.97. The summed E-state index contributed by atoms with van der Waals surface area (Å²) >= 11 is 3.39. The number of hydrogen-bond donors (Lipinski definition) is 2. The molecule has 0 fully saturated rings. The average molecular weight is 374 g/mol. The predicted octanol–water partition coefficient (Wildman–Crippen LogP) is 2.42. The third-order valence-electron chi connectivity index (χ3n) is 3.71. The summed E-state index contributed by atoms with van der Waals surface area (Å²) < 4.78 is 2.30. The molecule has 0 saturated heterocycles. The van der Waals surface area contributed by atoms with E-state index in [0.717, 1.165) is 20.9 Å². The van der Waals surface area contributed by atoms with Crippen LogP contribution in [0.2, 0.25) is 0 Å². The van der Waals surface area contributed by atoms with Gasteiger partial charge in [-0.25, -0.2) is 0 Å². The molecule has 118 valence electrons. The van der Waals surface area contributed by atoms with Crippen LogP contribution in [0.3, 0.4) is 0 Å². The van der Waals surface area contributed by atoms with Crippen LogP contribution in [0.5, 0.6) is 0 Å². The zero-order chi connectivity index (χ0) is 16.4. The molecule has 1 unspecified atom stereocenters. The molecule has 0 radical (unpaired) electrons. The topological polar surface area (TPSA) is 67.2 Å². The van der Waals surface area contributed by atoms with Crippen molar-refractivity contribution < 1.29 is 5.11 Å². The highest BCUT2D eigenvalue weighted by Gasteiger charge is 2.14. The number of aliphatic hydroxyl groups is 1. The molecule has 6 heteroatoms. The van der Waals surface area contributed by atoms with Crippen LogP contribution in [0.1, 0.15) is 17.4 Å². The van der Waals surface area contributed by atoms with Crippen LogP contribution < -0.4 is 10.9 Å². The lowest BCUT2D eigenvalue weighted by atomic mass is 10.1. The van der Waals surface area contributed by atoms with Gasteiger partial charge in [-0.1, -0.05) is 24.3 Å². The predicted molar refractivity (Wildman–Crippen MR) is 93.3 cm³/mol. The first kappa shape index (κ1) is 15.9. The van der Waals surface area contributed by atoms with E-state index < -0.39 is 6.23 Å². The third kappa shape index (κ3) is 3.19. The number of aliphatic hydroxyl groups excluding tert-OH is 1. The zero-order valence-corrected chi connectivity index (χ0v) is 14.1. The molecule has 23 heavy (non-hydrogen) atoms. The Balaban J connectivity index is 2.09. The van der Waals surface area contributed by atoms with Crippen LogP contribution in [0.25, 0.3) is 10.9 Å². The molecule has 0 amide bonds. The maximum absolute atomic E-state index is 12.6. The molecule has 1 atom stereocenters. The number of pyridine rings is 2. The molecule has 2 heterocycles. The van der Waals surface area contributed by atoms with Gasteiger partial charge in [0, 0.05) is 22.3 Å². The van der Waals surface area contributed by atoms with Gasteiger partial charge in [0.25, 0.3) is 5.56 Å². The minimum Gasteiger partial charge on any atom is -0.374 e. The molecule has 2 N–H and O–H groups in total. The smallest absolute Gasteiger partial charge is 0.258 e. The number of rotatable bonds is 4. The minimum absolute atomic E-state index is 0.233. The van der Waals surface area contributed by atoms with Crippen molar-refractivity contribution in [2.75, 3.05) is 7.05 Å². The van der Waals surface area contributed by atoms with E-state index in [0.29, 0.717) is 12.1 Å². The molecule has 2 aromatic heterocycles. The standard InChI is InChI=1S/C17H16BrN3O2/c1-19-16(22)14-8-13(18)10-21(17(14)23)9-12-5-2-4-11-6-3-7-20-15(11)12/h2-8,10,16,19,22H,9H2,1H3. The van der Waals surface area contributed by atoms with Crippen molar-refractivity contribution in [1.29, 1.82) is 0 Å². The Morgan fingerprint density at radius 3 is 2.91 bits per heavy atom. The van der Waals surface area contributed by atoms with E-state index in [-0.39, 0.29) is 5.56 Å². The highest BCUT2D eigenvalue weighted by atomic mass is 79.9. The van der Waals surface area contributed by atoms with E-state index in [1.807, 2.05) is 30.3 Å². The number of para-hydroxylation sites is 1. The number of halogens is 1. The lowest BCUT2D eigenvalue weighted by Crippen LogP contribution is -2.29. The molecule has 5 nitrogen and oxygen atoms in total. The molecule has 0 aliphatic heterocycles. The van der Waals surface area contributed by atoms with E-state index in [4.69, 9.17) is 0 Å². The second-order valence-electron chi connectivity index (χ2n) is 5.23. The zero-order valence-electron chi connectivity index (χ0n) is 12.5. The second kappa shape index (κ2) is 6.62. The minimum atomic E-state index is -1.00. The first-order valence-electron chi connectivity index (χ1n) is 7.18. The Bertz CT molecular complexity index is 902. The summed E-state index contributed by atoms with van der Waals surface area (Å²) in [6, 6.07) is 11.4. The van der Waals surface area contributed by atoms with E-state index in [2.05, 4.69) is 26.2 Å².